The summed E-state index contributed by atoms with van der Waals surface area (Å²) in [6.45, 7) is 3.50. The molecular weight excluding hydrogens is 292 g/mol. The maximum absolute atomic E-state index is 12.3. The van der Waals surface area contributed by atoms with Gasteiger partial charge in [0.25, 0.3) is 10.0 Å². The summed E-state index contributed by atoms with van der Waals surface area (Å²) in [6.07, 6.45) is 0. The van der Waals surface area contributed by atoms with Crippen LogP contribution in [-0.4, -0.2) is 24.5 Å². The third-order valence-electron chi connectivity index (χ3n) is 2.86. The lowest BCUT2D eigenvalue weighted by Crippen LogP contribution is -2.15. The van der Waals surface area contributed by atoms with Crippen molar-refractivity contribution in [1.82, 2.24) is 4.98 Å². The van der Waals surface area contributed by atoms with Gasteiger partial charge in [0.15, 0.2) is 0 Å². The summed E-state index contributed by atoms with van der Waals surface area (Å²) in [4.78, 5) is 15.0. The third kappa shape index (κ3) is 3.38. The summed E-state index contributed by atoms with van der Waals surface area (Å²) in [5.74, 6) is -1.18. The molecule has 21 heavy (non-hydrogen) atoms. The van der Waals surface area contributed by atoms with Crippen LogP contribution in [0.4, 0.5) is 5.69 Å². The van der Waals surface area contributed by atoms with Gasteiger partial charge >= 0.3 is 5.97 Å². The number of sulfonamides is 1. The SMILES string of the molecule is Cc1ccc(NS(=O)(=O)c2cccc(C(=O)O)c2)c(C)n1. The number of nitrogens with one attached hydrogen (secondary N) is 1. The molecule has 7 heteroatoms. The molecule has 1 heterocycles. The van der Waals surface area contributed by atoms with E-state index in [0.29, 0.717) is 11.4 Å². The van der Waals surface area contributed by atoms with E-state index in [1.807, 2.05) is 6.92 Å². The monoisotopic (exact) mass is 306 g/mol. The quantitative estimate of drug-likeness (QED) is 0.902. The molecule has 0 spiro atoms. The fourth-order valence-electron chi connectivity index (χ4n) is 1.79. The number of rotatable bonds is 4. The summed E-state index contributed by atoms with van der Waals surface area (Å²) < 4.78 is 27.0. The van der Waals surface area contributed by atoms with E-state index in [4.69, 9.17) is 5.11 Å². The smallest absolute Gasteiger partial charge is 0.335 e. The second kappa shape index (κ2) is 5.53. The Hall–Kier alpha value is -2.41. The van der Waals surface area contributed by atoms with Crippen molar-refractivity contribution in [2.24, 2.45) is 0 Å². The van der Waals surface area contributed by atoms with E-state index in [0.717, 1.165) is 11.8 Å². The molecule has 6 nitrogen and oxygen atoms in total. The van der Waals surface area contributed by atoms with Gasteiger partial charge in [0.05, 0.1) is 21.8 Å². The number of hydrogen-bond donors (Lipinski definition) is 2. The van der Waals surface area contributed by atoms with E-state index < -0.39 is 16.0 Å². The maximum Gasteiger partial charge on any atom is 0.335 e. The van der Waals surface area contributed by atoms with Crippen LogP contribution in [-0.2, 0) is 10.0 Å². The lowest BCUT2D eigenvalue weighted by molar-refractivity contribution is 0.0696. The standard InChI is InChI=1S/C14H14N2O4S/c1-9-6-7-13(10(2)15-9)16-21(19,20)12-5-3-4-11(8-12)14(17)18/h3-8,16H,1-2H3,(H,17,18). The first-order chi connectivity index (χ1) is 9.79. The first kappa shape index (κ1) is 15.0. The molecule has 2 aromatic rings. The third-order valence-corrected chi connectivity index (χ3v) is 4.22. The van der Waals surface area contributed by atoms with Crippen LogP contribution in [0.25, 0.3) is 0 Å². The Labute approximate surface area is 122 Å². The fourth-order valence-corrected chi connectivity index (χ4v) is 2.96. The summed E-state index contributed by atoms with van der Waals surface area (Å²) in [5, 5.41) is 8.91. The van der Waals surface area contributed by atoms with Crippen molar-refractivity contribution in [3.05, 3.63) is 53.3 Å². The van der Waals surface area contributed by atoms with E-state index in [1.165, 1.54) is 18.2 Å². The molecule has 0 aliphatic rings. The number of hydrogen-bond acceptors (Lipinski definition) is 4. The van der Waals surface area contributed by atoms with Crippen LogP contribution < -0.4 is 4.72 Å². The van der Waals surface area contributed by atoms with Gasteiger partial charge in [-0.2, -0.15) is 0 Å². The molecule has 0 bridgehead atoms. The Morgan fingerprint density at radius 2 is 1.90 bits per heavy atom. The zero-order valence-corrected chi connectivity index (χ0v) is 12.3. The van der Waals surface area contributed by atoms with Crippen molar-refractivity contribution < 1.29 is 18.3 Å². The maximum atomic E-state index is 12.3. The number of pyridine rings is 1. The van der Waals surface area contributed by atoms with Gasteiger partial charge in [0, 0.05) is 5.69 Å². The van der Waals surface area contributed by atoms with Gasteiger partial charge in [0.1, 0.15) is 0 Å². The number of aromatic carboxylic acids is 1. The van der Waals surface area contributed by atoms with E-state index in [2.05, 4.69) is 9.71 Å². The molecule has 0 atom stereocenters. The van der Waals surface area contributed by atoms with Crippen LogP contribution >= 0.6 is 0 Å². The summed E-state index contributed by atoms with van der Waals surface area (Å²) in [5.41, 5.74) is 1.61. The molecule has 0 radical (unpaired) electrons. The molecule has 0 saturated carbocycles. The number of carbonyl (C=O) groups is 1. The first-order valence-corrected chi connectivity index (χ1v) is 7.58. The first-order valence-electron chi connectivity index (χ1n) is 6.10. The van der Waals surface area contributed by atoms with Gasteiger partial charge in [-0.05, 0) is 44.2 Å². The number of aryl methyl sites for hydroxylation is 2. The molecular formula is C14H14N2O4S. The molecule has 2 rings (SSSR count). The van der Waals surface area contributed by atoms with Gasteiger partial charge in [-0.3, -0.25) is 9.71 Å². The molecule has 0 aliphatic carbocycles. The van der Waals surface area contributed by atoms with E-state index in [1.54, 1.807) is 19.1 Å². The van der Waals surface area contributed by atoms with Crippen molar-refractivity contribution in [1.29, 1.82) is 0 Å². The number of carboxylic acids is 1. The molecule has 0 aliphatic heterocycles. The fraction of sp³-hybridized carbons (Fsp3) is 0.143. The molecule has 110 valence electrons. The molecule has 1 aromatic heterocycles. The minimum atomic E-state index is -3.86. The van der Waals surface area contributed by atoms with Crippen molar-refractivity contribution >= 4 is 21.7 Å². The van der Waals surface area contributed by atoms with E-state index >= 15 is 0 Å². The van der Waals surface area contributed by atoms with Crippen molar-refractivity contribution in [3.63, 3.8) is 0 Å². The number of anilines is 1. The van der Waals surface area contributed by atoms with Crippen LogP contribution in [0, 0.1) is 13.8 Å². The highest BCUT2D eigenvalue weighted by Crippen LogP contribution is 2.19. The normalized spacial score (nSPS) is 11.1. The van der Waals surface area contributed by atoms with Crippen LogP contribution in [0.5, 0.6) is 0 Å². The minimum Gasteiger partial charge on any atom is -0.478 e. The second-order valence-corrected chi connectivity index (χ2v) is 6.21. The molecule has 2 N–H and O–H groups in total. The van der Waals surface area contributed by atoms with Crippen LogP contribution in [0.3, 0.4) is 0 Å². The largest absolute Gasteiger partial charge is 0.478 e. The molecule has 0 unspecified atom stereocenters. The average molecular weight is 306 g/mol. The van der Waals surface area contributed by atoms with Gasteiger partial charge in [-0.1, -0.05) is 6.07 Å². The summed E-state index contributed by atoms with van der Waals surface area (Å²) >= 11 is 0. The second-order valence-electron chi connectivity index (χ2n) is 4.52. The zero-order chi connectivity index (χ0) is 15.6. The van der Waals surface area contributed by atoms with Crippen molar-refractivity contribution in [2.45, 2.75) is 18.7 Å². The predicted molar refractivity (Wildman–Crippen MR) is 77.9 cm³/mol. The number of aromatic nitrogens is 1. The topological polar surface area (TPSA) is 96.4 Å². The Bertz CT molecular complexity index is 800. The van der Waals surface area contributed by atoms with Gasteiger partial charge in [0.2, 0.25) is 0 Å². The summed E-state index contributed by atoms with van der Waals surface area (Å²) in [6, 6.07) is 8.49. The van der Waals surface area contributed by atoms with Crippen LogP contribution in [0.2, 0.25) is 0 Å². The molecule has 1 aromatic carbocycles. The zero-order valence-electron chi connectivity index (χ0n) is 11.5. The lowest BCUT2D eigenvalue weighted by atomic mass is 10.2. The highest BCUT2D eigenvalue weighted by atomic mass is 32.2. The Morgan fingerprint density at radius 1 is 1.19 bits per heavy atom. The highest BCUT2D eigenvalue weighted by Gasteiger charge is 2.17. The average Bonchev–Trinajstić information content (AvgIpc) is 2.42. The van der Waals surface area contributed by atoms with Gasteiger partial charge in [-0.25, -0.2) is 13.2 Å². The number of nitrogens with zero attached hydrogens (tertiary/aromatic N) is 1. The van der Waals surface area contributed by atoms with Crippen LogP contribution in [0.15, 0.2) is 41.3 Å². The van der Waals surface area contributed by atoms with E-state index in [9.17, 15) is 13.2 Å². The number of benzene rings is 1. The Kier molecular flexibility index (Phi) is 3.95. The predicted octanol–water partition coefficient (Wildman–Crippen LogP) is 2.20. The highest BCUT2D eigenvalue weighted by molar-refractivity contribution is 7.92. The lowest BCUT2D eigenvalue weighted by Gasteiger charge is -2.11. The molecule has 0 fully saturated rings. The van der Waals surface area contributed by atoms with E-state index in [-0.39, 0.29) is 10.5 Å². The van der Waals surface area contributed by atoms with Crippen LogP contribution in [0.1, 0.15) is 21.7 Å². The Morgan fingerprint density at radius 3 is 2.52 bits per heavy atom. The molecule has 0 saturated heterocycles. The Balaban J connectivity index is 2.38. The summed E-state index contributed by atoms with van der Waals surface area (Å²) in [7, 11) is -3.86. The molecule has 0 amide bonds. The van der Waals surface area contributed by atoms with Gasteiger partial charge < -0.3 is 5.11 Å². The van der Waals surface area contributed by atoms with Gasteiger partial charge in [-0.15, -0.1) is 0 Å². The van der Waals surface area contributed by atoms with Crippen molar-refractivity contribution in [2.75, 3.05) is 4.72 Å². The number of carboxylic acid groups (broad SMARTS) is 1. The minimum absolute atomic E-state index is 0.0865. The van der Waals surface area contributed by atoms with Crippen molar-refractivity contribution in [3.8, 4) is 0 Å².